The van der Waals surface area contributed by atoms with Crippen LogP contribution in [0.4, 0.5) is 4.39 Å². The van der Waals surface area contributed by atoms with Gasteiger partial charge in [-0.1, -0.05) is 24.3 Å². The molecule has 2 aromatic rings. The highest BCUT2D eigenvalue weighted by atomic mass is 19.1. The molecule has 0 saturated carbocycles. The number of hydrogen-bond acceptors (Lipinski definition) is 3. The molecule has 0 aromatic heterocycles. The minimum atomic E-state index is -0.244. The summed E-state index contributed by atoms with van der Waals surface area (Å²) < 4.78 is 18.9. The molecular formula is C23H27FN2O2. The molecule has 2 aliphatic heterocycles. The molecule has 2 aromatic carbocycles. The Hall–Kier alpha value is -2.40. The van der Waals surface area contributed by atoms with Crippen molar-refractivity contribution in [2.24, 2.45) is 0 Å². The van der Waals surface area contributed by atoms with Crippen LogP contribution in [-0.2, 0) is 17.9 Å². The van der Waals surface area contributed by atoms with Gasteiger partial charge in [-0.15, -0.1) is 0 Å². The number of ether oxygens (including phenoxy) is 1. The van der Waals surface area contributed by atoms with Crippen molar-refractivity contribution >= 4 is 5.91 Å². The van der Waals surface area contributed by atoms with Crippen LogP contribution in [0.1, 0.15) is 36.8 Å². The highest BCUT2D eigenvalue weighted by Crippen LogP contribution is 2.40. The third kappa shape index (κ3) is 3.90. The quantitative estimate of drug-likeness (QED) is 0.784. The molecule has 4 rings (SSSR count). The summed E-state index contributed by atoms with van der Waals surface area (Å²) in [4.78, 5) is 17.1. The zero-order chi connectivity index (χ0) is 19.6. The number of likely N-dealkylation sites (tertiary alicyclic amines) is 2. The van der Waals surface area contributed by atoms with Gasteiger partial charge in [-0.2, -0.15) is 0 Å². The number of carbonyl (C=O) groups excluding carboxylic acids is 1. The summed E-state index contributed by atoms with van der Waals surface area (Å²) in [7, 11) is 1.69. The maximum Gasteiger partial charge on any atom is 0.223 e. The Bertz CT molecular complexity index is 846. The first-order chi connectivity index (χ1) is 13.6. The number of carbonyl (C=O) groups is 1. The summed E-state index contributed by atoms with van der Waals surface area (Å²) in [5, 5.41) is 0. The van der Waals surface area contributed by atoms with Crippen LogP contribution in [0.2, 0.25) is 0 Å². The number of rotatable bonds is 5. The fourth-order valence-corrected chi connectivity index (χ4v) is 4.62. The normalized spacial score (nSPS) is 19.4. The van der Waals surface area contributed by atoms with Crippen molar-refractivity contribution in [1.29, 1.82) is 0 Å². The largest absolute Gasteiger partial charge is 0.497 e. The predicted molar refractivity (Wildman–Crippen MR) is 106 cm³/mol. The van der Waals surface area contributed by atoms with Crippen LogP contribution in [0.3, 0.4) is 0 Å². The summed E-state index contributed by atoms with van der Waals surface area (Å²) in [5.74, 6) is 0.838. The number of benzene rings is 2. The number of nitrogens with zero attached hydrogens (tertiary/aromatic N) is 2. The lowest BCUT2D eigenvalue weighted by Gasteiger charge is -2.45. The lowest BCUT2D eigenvalue weighted by molar-refractivity contribution is -0.133. The van der Waals surface area contributed by atoms with Gasteiger partial charge in [0.15, 0.2) is 0 Å². The Morgan fingerprint density at radius 1 is 1.00 bits per heavy atom. The Balaban J connectivity index is 1.42. The van der Waals surface area contributed by atoms with Gasteiger partial charge in [0.05, 0.1) is 7.11 Å². The second kappa shape index (κ2) is 7.92. The number of methoxy groups -OCH3 is 1. The highest BCUT2D eigenvalue weighted by Gasteiger charge is 2.46. The zero-order valence-corrected chi connectivity index (χ0v) is 16.4. The van der Waals surface area contributed by atoms with Gasteiger partial charge in [0.1, 0.15) is 11.6 Å². The second-order valence-electron chi connectivity index (χ2n) is 7.96. The summed E-state index contributed by atoms with van der Waals surface area (Å²) >= 11 is 0. The molecule has 0 atom stereocenters. The van der Waals surface area contributed by atoms with Gasteiger partial charge in [-0.05, 0) is 54.7 Å². The molecule has 1 spiro atoms. The van der Waals surface area contributed by atoms with Gasteiger partial charge in [0.2, 0.25) is 5.91 Å². The third-order valence-electron chi connectivity index (χ3n) is 6.23. The molecule has 2 saturated heterocycles. The van der Waals surface area contributed by atoms with Crippen LogP contribution < -0.4 is 4.74 Å². The van der Waals surface area contributed by atoms with Gasteiger partial charge in [-0.3, -0.25) is 9.69 Å². The van der Waals surface area contributed by atoms with E-state index in [0.717, 1.165) is 50.2 Å². The van der Waals surface area contributed by atoms with E-state index in [0.29, 0.717) is 13.0 Å². The van der Waals surface area contributed by atoms with E-state index in [4.69, 9.17) is 4.74 Å². The maximum absolute atomic E-state index is 13.6. The van der Waals surface area contributed by atoms with Gasteiger partial charge in [0.25, 0.3) is 0 Å². The minimum Gasteiger partial charge on any atom is -0.497 e. The molecule has 28 heavy (non-hydrogen) atoms. The monoisotopic (exact) mass is 382 g/mol. The van der Waals surface area contributed by atoms with Crippen LogP contribution >= 0.6 is 0 Å². The lowest BCUT2D eigenvalue weighted by atomic mass is 9.84. The lowest BCUT2D eigenvalue weighted by Crippen LogP contribution is -2.52. The molecule has 2 aliphatic rings. The predicted octanol–water partition coefficient (Wildman–Crippen LogP) is 3.99. The van der Waals surface area contributed by atoms with Crippen molar-refractivity contribution in [3.63, 3.8) is 0 Å². The van der Waals surface area contributed by atoms with E-state index in [1.54, 1.807) is 13.2 Å². The van der Waals surface area contributed by atoms with Crippen molar-refractivity contribution in [2.75, 3.05) is 20.2 Å². The smallest absolute Gasteiger partial charge is 0.223 e. The van der Waals surface area contributed by atoms with E-state index in [9.17, 15) is 9.18 Å². The third-order valence-corrected chi connectivity index (χ3v) is 6.23. The molecule has 1 amide bonds. The van der Waals surface area contributed by atoms with E-state index in [1.807, 2.05) is 23.1 Å². The number of hydrogen-bond donors (Lipinski definition) is 0. The molecule has 0 aliphatic carbocycles. The first-order valence-electron chi connectivity index (χ1n) is 9.98. The standard InChI is InChI=1S/C23H27FN2O2/c1-28-21-7-3-5-19(15-21)16-25-12-10-23(11-13-25)9-8-22(27)26(23)17-18-4-2-6-20(24)14-18/h2-7,14-15H,8-13,16-17H2,1H3. The van der Waals surface area contributed by atoms with Crippen LogP contribution in [0.15, 0.2) is 48.5 Å². The zero-order valence-electron chi connectivity index (χ0n) is 16.4. The topological polar surface area (TPSA) is 32.8 Å². The van der Waals surface area contributed by atoms with E-state index in [1.165, 1.54) is 17.7 Å². The Morgan fingerprint density at radius 3 is 2.43 bits per heavy atom. The molecule has 5 heteroatoms. The average Bonchev–Trinajstić information content (AvgIpc) is 3.00. The molecule has 4 nitrogen and oxygen atoms in total. The molecule has 0 N–H and O–H groups in total. The fourth-order valence-electron chi connectivity index (χ4n) is 4.62. The minimum absolute atomic E-state index is 0.0751. The highest BCUT2D eigenvalue weighted by molar-refractivity contribution is 5.79. The second-order valence-corrected chi connectivity index (χ2v) is 7.96. The fraction of sp³-hybridized carbons (Fsp3) is 0.435. The Kier molecular flexibility index (Phi) is 5.36. The van der Waals surface area contributed by atoms with Crippen LogP contribution in [0.25, 0.3) is 0 Å². The van der Waals surface area contributed by atoms with Gasteiger partial charge >= 0.3 is 0 Å². The average molecular weight is 382 g/mol. The number of halogens is 1. The molecular weight excluding hydrogens is 355 g/mol. The molecule has 148 valence electrons. The molecule has 0 radical (unpaired) electrons. The Morgan fingerprint density at radius 2 is 1.71 bits per heavy atom. The number of amides is 1. The van der Waals surface area contributed by atoms with Crippen molar-refractivity contribution in [3.8, 4) is 5.75 Å². The van der Waals surface area contributed by atoms with Crippen LogP contribution in [-0.4, -0.2) is 41.4 Å². The van der Waals surface area contributed by atoms with Crippen molar-refractivity contribution in [2.45, 2.75) is 44.3 Å². The molecule has 2 fully saturated rings. The Labute approximate surface area is 165 Å². The summed E-state index contributed by atoms with van der Waals surface area (Å²) in [5.41, 5.74) is 2.04. The summed E-state index contributed by atoms with van der Waals surface area (Å²) in [6.07, 6.45) is 3.45. The van der Waals surface area contributed by atoms with Crippen LogP contribution in [0, 0.1) is 5.82 Å². The molecule has 2 heterocycles. The van der Waals surface area contributed by atoms with Crippen molar-refractivity contribution < 1.29 is 13.9 Å². The van der Waals surface area contributed by atoms with E-state index < -0.39 is 0 Å². The molecule has 0 unspecified atom stereocenters. The van der Waals surface area contributed by atoms with E-state index in [2.05, 4.69) is 17.0 Å². The summed E-state index contributed by atoms with van der Waals surface area (Å²) in [6, 6.07) is 14.8. The van der Waals surface area contributed by atoms with E-state index in [-0.39, 0.29) is 17.3 Å². The first kappa shape index (κ1) is 18.9. The van der Waals surface area contributed by atoms with Crippen LogP contribution in [0.5, 0.6) is 5.75 Å². The van der Waals surface area contributed by atoms with Gasteiger partial charge < -0.3 is 9.64 Å². The number of piperidine rings is 1. The van der Waals surface area contributed by atoms with Crippen molar-refractivity contribution in [3.05, 3.63) is 65.5 Å². The summed E-state index contributed by atoms with van der Waals surface area (Å²) in [6.45, 7) is 3.33. The SMILES string of the molecule is COc1cccc(CN2CCC3(CCC(=O)N3Cc3cccc(F)c3)CC2)c1. The first-order valence-corrected chi connectivity index (χ1v) is 9.98. The maximum atomic E-state index is 13.6. The van der Waals surface area contributed by atoms with Gasteiger partial charge in [-0.25, -0.2) is 4.39 Å². The van der Waals surface area contributed by atoms with Crippen molar-refractivity contribution in [1.82, 2.24) is 9.80 Å². The van der Waals surface area contributed by atoms with E-state index >= 15 is 0 Å². The molecule has 0 bridgehead atoms. The van der Waals surface area contributed by atoms with Gasteiger partial charge in [0, 0.05) is 38.1 Å².